The fraction of sp³-hybridized carbons (Fsp3) is 0.545. The molecule has 1 fully saturated rings. The molecule has 0 spiro atoms. The van der Waals surface area contributed by atoms with Gasteiger partial charge in [-0.25, -0.2) is 4.98 Å². The largest absolute Gasteiger partial charge is 0.366 e. The minimum Gasteiger partial charge on any atom is -0.366 e. The number of nitrogens with zero attached hydrogens (tertiary/aromatic N) is 1. The van der Waals surface area contributed by atoms with Gasteiger partial charge in [0.25, 0.3) is 0 Å². The van der Waals surface area contributed by atoms with E-state index in [-0.39, 0.29) is 5.15 Å². The highest BCUT2D eigenvalue weighted by Gasteiger charge is 2.24. The zero-order valence-corrected chi connectivity index (χ0v) is 11.2. The molecule has 2 rings (SSSR count). The fourth-order valence-corrected chi connectivity index (χ4v) is 2.24. The zero-order chi connectivity index (χ0) is 11.7. The Labute approximate surface area is 110 Å². The normalized spacial score (nSPS) is 17.2. The van der Waals surface area contributed by atoms with Crippen LogP contribution in [0.5, 0.6) is 0 Å². The monoisotopic (exact) mass is 278 g/mol. The summed E-state index contributed by atoms with van der Waals surface area (Å²) in [6.07, 6.45) is 3.83. The Morgan fingerprint density at radius 2 is 2.06 bits per heavy atom. The number of pyridine rings is 1. The van der Waals surface area contributed by atoms with Gasteiger partial charge in [-0.2, -0.15) is 0 Å². The first-order valence-corrected chi connectivity index (χ1v) is 6.47. The van der Waals surface area contributed by atoms with Gasteiger partial charge in [0.2, 0.25) is 0 Å². The van der Waals surface area contributed by atoms with Crippen molar-refractivity contribution >= 4 is 40.6 Å². The summed E-state index contributed by atoms with van der Waals surface area (Å²) in [4.78, 5) is 4.13. The van der Waals surface area contributed by atoms with Crippen LogP contribution in [-0.2, 0) is 0 Å². The Bertz CT molecular complexity index is 391. The van der Waals surface area contributed by atoms with Crippen LogP contribution in [0.15, 0.2) is 6.07 Å². The van der Waals surface area contributed by atoms with Crippen LogP contribution in [0, 0.1) is 5.92 Å². The number of hydrogen-bond donors (Lipinski definition) is 1. The topological polar surface area (TPSA) is 24.9 Å². The maximum absolute atomic E-state index is 6.03. The molecule has 16 heavy (non-hydrogen) atoms. The molecule has 1 unspecified atom stereocenters. The van der Waals surface area contributed by atoms with E-state index in [1.807, 2.05) is 0 Å². The number of rotatable bonds is 4. The predicted molar refractivity (Wildman–Crippen MR) is 69.7 cm³/mol. The first-order chi connectivity index (χ1) is 7.56. The number of hydrogen-bond acceptors (Lipinski definition) is 2. The molecule has 1 aromatic heterocycles. The molecule has 1 atom stereocenters. The van der Waals surface area contributed by atoms with Crippen molar-refractivity contribution in [3.05, 3.63) is 21.3 Å². The molecule has 1 aromatic rings. The average Bonchev–Trinajstić information content (AvgIpc) is 2.98. The van der Waals surface area contributed by atoms with Crippen LogP contribution in [0.1, 0.15) is 26.2 Å². The third kappa shape index (κ3) is 3.16. The van der Waals surface area contributed by atoms with Crippen molar-refractivity contribution in [3.8, 4) is 0 Å². The van der Waals surface area contributed by atoms with Gasteiger partial charge in [-0.15, -0.1) is 0 Å². The molecule has 5 heteroatoms. The molecule has 0 amide bonds. The van der Waals surface area contributed by atoms with Gasteiger partial charge in [0, 0.05) is 6.04 Å². The van der Waals surface area contributed by atoms with Crippen molar-refractivity contribution in [1.29, 1.82) is 0 Å². The molecule has 1 aliphatic rings. The maximum atomic E-state index is 6.03. The lowest BCUT2D eigenvalue weighted by Crippen LogP contribution is -2.17. The van der Waals surface area contributed by atoms with Crippen molar-refractivity contribution in [2.24, 2.45) is 5.92 Å². The van der Waals surface area contributed by atoms with Gasteiger partial charge in [-0.3, -0.25) is 0 Å². The second-order valence-corrected chi connectivity index (χ2v) is 5.49. The SMILES string of the molecule is CC(CC1CC1)Nc1nc(Cl)c(Cl)cc1Cl. The third-order valence-corrected chi connectivity index (χ3v) is 3.61. The van der Waals surface area contributed by atoms with Crippen molar-refractivity contribution in [3.63, 3.8) is 0 Å². The second kappa shape index (κ2) is 4.99. The van der Waals surface area contributed by atoms with E-state index in [0.29, 0.717) is 21.9 Å². The van der Waals surface area contributed by atoms with E-state index in [1.54, 1.807) is 6.07 Å². The lowest BCUT2D eigenvalue weighted by atomic mass is 10.1. The molecule has 1 saturated carbocycles. The number of halogens is 3. The Morgan fingerprint density at radius 1 is 1.38 bits per heavy atom. The first kappa shape index (κ1) is 12.3. The first-order valence-electron chi connectivity index (χ1n) is 5.34. The molecule has 0 bridgehead atoms. The molecule has 1 heterocycles. The van der Waals surface area contributed by atoms with Crippen LogP contribution in [0.4, 0.5) is 5.82 Å². The van der Waals surface area contributed by atoms with Gasteiger partial charge < -0.3 is 5.32 Å². The highest BCUT2D eigenvalue weighted by molar-refractivity contribution is 6.42. The van der Waals surface area contributed by atoms with E-state index in [0.717, 1.165) is 12.3 Å². The maximum Gasteiger partial charge on any atom is 0.150 e. The van der Waals surface area contributed by atoms with E-state index in [4.69, 9.17) is 34.8 Å². The van der Waals surface area contributed by atoms with Crippen molar-refractivity contribution < 1.29 is 0 Å². The van der Waals surface area contributed by atoms with E-state index in [2.05, 4.69) is 17.2 Å². The van der Waals surface area contributed by atoms with Crippen LogP contribution in [0.25, 0.3) is 0 Å². The zero-order valence-electron chi connectivity index (χ0n) is 8.93. The summed E-state index contributed by atoms with van der Waals surface area (Å²) < 4.78 is 0. The lowest BCUT2D eigenvalue weighted by molar-refractivity contribution is 0.640. The summed E-state index contributed by atoms with van der Waals surface area (Å²) in [5.74, 6) is 1.48. The quantitative estimate of drug-likeness (QED) is 0.812. The van der Waals surface area contributed by atoms with Gasteiger partial charge >= 0.3 is 0 Å². The van der Waals surface area contributed by atoms with Gasteiger partial charge in [0.05, 0.1) is 10.0 Å². The molecular formula is C11H13Cl3N2. The Morgan fingerprint density at radius 3 is 2.69 bits per heavy atom. The van der Waals surface area contributed by atoms with Gasteiger partial charge in [0.1, 0.15) is 11.0 Å². The number of nitrogens with one attached hydrogen (secondary N) is 1. The third-order valence-electron chi connectivity index (χ3n) is 2.65. The van der Waals surface area contributed by atoms with Gasteiger partial charge in [0.15, 0.2) is 0 Å². The Kier molecular flexibility index (Phi) is 3.83. The molecular weight excluding hydrogens is 266 g/mol. The molecule has 2 nitrogen and oxygen atoms in total. The predicted octanol–water partition coefficient (Wildman–Crippen LogP) is 4.64. The van der Waals surface area contributed by atoms with Crippen LogP contribution < -0.4 is 5.32 Å². The Balaban J connectivity index is 2.04. The van der Waals surface area contributed by atoms with Crippen LogP contribution >= 0.6 is 34.8 Å². The standard InChI is InChI=1S/C11H13Cl3N2/c1-6(4-7-2-3-7)15-11-9(13)5-8(12)10(14)16-11/h5-7H,2-4H2,1H3,(H,15,16). The second-order valence-electron chi connectivity index (χ2n) is 4.32. The summed E-state index contributed by atoms with van der Waals surface area (Å²) in [6, 6.07) is 1.97. The summed E-state index contributed by atoms with van der Waals surface area (Å²) in [7, 11) is 0. The minimum absolute atomic E-state index is 0.284. The van der Waals surface area contributed by atoms with Crippen molar-refractivity contribution in [1.82, 2.24) is 4.98 Å². The summed E-state index contributed by atoms with van der Waals surface area (Å²) in [5.41, 5.74) is 0. The smallest absolute Gasteiger partial charge is 0.150 e. The van der Waals surface area contributed by atoms with Crippen LogP contribution in [0.2, 0.25) is 15.2 Å². The summed E-state index contributed by atoms with van der Waals surface area (Å²) in [5, 5.41) is 4.44. The molecule has 0 saturated heterocycles. The molecule has 1 aliphatic carbocycles. The van der Waals surface area contributed by atoms with E-state index < -0.39 is 0 Å². The highest BCUT2D eigenvalue weighted by atomic mass is 35.5. The fourth-order valence-electron chi connectivity index (χ4n) is 1.69. The Hall–Kier alpha value is -0.180. The molecule has 1 N–H and O–H groups in total. The number of anilines is 1. The molecule has 0 radical (unpaired) electrons. The van der Waals surface area contributed by atoms with E-state index >= 15 is 0 Å². The lowest BCUT2D eigenvalue weighted by Gasteiger charge is -2.15. The van der Waals surface area contributed by atoms with Crippen LogP contribution in [0.3, 0.4) is 0 Å². The van der Waals surface area contributed by atoms with Gasteiger partial charge in [-0.05, 0) is 25.3 Å². The average molecular weight is 280 g/mol. The van der Waals surface area contributed by atoms with Crippen molar-refractivity contribution in [2.45, 2.75) is 32.2 Å². The highest BCUT2D eigenvalue weighted by Crippen LogP contribution is 2.35. The minimum atomic E-state index is 0.284. The van der Waals surface area contributed by atoms with Crippen molar-refractivity contribution in [2.75, 3.05) is 5.32 Å². The van der Waals surface area contributed by atoms with E-state index in [9.17, 15) is 0 Å². The number of aromatic nitrogens is 1. The summed E-state index contributed by atoms with van der Waals surface area (Å²) in [6.45, 7) is 2.12. The van der Waals surface area contributed by atoms with Gasteiger partial charge in [-0.1, -0.05) is 47.6 Å². The molecule has 88 valence electrons. The van der Waals surface area contributed by atoms with Crippen LogP contribution in [-0.4, -0.2) is 11.0 Å². The summed E-state index contributed by atoms with van der Waals surface area (Å²) >= 11 is 17.7. The molecule has 0 aliphatic heterocycles. The van der Waals surface area contributed by atoms with E-state index in [1.165, 1.54) is 12.8 Å². The molecule has 0 aromatic carbocycles.